The molecule has 0 bridgehead atoms. The summed E-state index contributed by atoms with van der Waals surface area (Å²) in [5, 5.41) is 8.91. The molecule has 0 spiro atoms. The van der Waals surface area contributed by atoms with Gasteiger partial charge in [0.25, 0.3) is 0 Å². The van der Waals surface area contributed by atoms with Crippen molar-refractivity contribution in [2.24, 2.45) is 0 Å². The molecule has 4 nitrogen and oxygen atoms in total. The van der Waals surface area contributed by atoms with Gasteiger partial charge in [0.1, 0.15) is 11.2 Å². The quantitative estimate of drug-likeness (QED) is 0.185. The van der Waals surface area contributed by atoms with Crippen molar-refractivity contribution in [3.05, 3.63) is 164 Å². The molecule has 0 aliphatic heterocycles. The lowest BCUT2D eigenvalue weighted by atomic mass is 9.96. The van der Waals surface area contributed by atoms with Crippen LogP contribution in [0.1, 0.15) is 0 Å². The summed E-state index contributed by atoms with van der Waals surface area (Å²) in [5.41, 5.74) is 6.80. The van der Waals surface area contributed by atoms with Crippen LogP contribution in [0.4, 0.5) is 0 Å². The van der Waals surface area contributed by atoms with E-state index in [0.29, 0.717) is 17.5 Å². The van der Waals surface area contributed by atoms with Gasteiger partial charge in [-0.3, -0.25) is 0 Å². The maximum absolute atomic E-state index is 6.66. The van der Waals surface area contributed by atoms with E-state index < -0.39 is 0 Å². The normalized spacial score (nSPS) is 11.8. The Kier molecular flexibility index (Phi) is 6.39. The molecule has 52 heavy (non-hydrogen) atoms. The number of aromatic nitrogens is 3. The van der Waals surface area contributed by atoms with Crippen molar-refractivity contribution in [1.82, 2.24) is 15.0 Å². The monoisotopic (exact) mass is 681 g/mol. The van der Waals surface area contributed by atoms with Gasteiger partial charge in [-0.25, -0.2) is 15.0 Å². The number of fused-ring (bicyclic) bond motifs is 9. The van der Waals surface area contributed by atoms with Crippen molar-refractivity contribution >= 4 is 75.0 Å². The lowest BCUT2D eigenvalue weighted by molar-refractivity contribution is 0.673. The molecule has 0 atom stereocenters. The van der Waals surface area contributed by atoms with Crippen molar-refractivity contribution in [2.45, 2.75) is 0 Å². The Morgan fingerprint density at radius 3 is 1.92 bits per heavy atom. The van der Waals surface area contributed by atoms with E-state index in [1.165, 1.54) is 25.6 Å². The summed E-state index contributed by atoms with van der Waals surface area (Å²) in [4.78, 5) is 15.7. The Hall–Kier alpha value is -6.69. The number of furan rings is 1. The minimum atomic E-state index is 0.619. The van der Waals surface area contributed by atoms with Crippen molar-refractivity contribution in [1.29, 1.82) is 0 Å². The molecule has 0 fully saturated rings. The van der Waals surface area contributed by atoms with Crippen molar-refractivity contribution < 1.29 is 4.42 Å². The molecule has 0 unspecified atom stereocenters. The summed E-state index contributed by atoms with van der Waals surface area (Å²) in [5.74, 6) is 1.89. The van der Waals surface area contributed by atoms with E-state index in [2.05, 4.69) is 158 Å². The fraction of sp³-hybridized carbons (Fsp3) is 0. The molecule has 0 radical (unpaired) electrons. The Morgan fingerprint density at radius 2 is 1.06 bits per heavy atom. The summed E-state index contributed by atoms with van der Waals surface area (Å²) in [6.07, 6.45) is 0. The average molecular weight is 682 g/mol. The van der Waals surface area contributed by atoms with Crippen molar-refractivity contribution in [3.63, 3.8) is 0 Å². The fourth-order valence-corrected chi connectivity index (χ4v) is 8.73. The Morgan fingerprint density at radius 1 is 0.385 bits per heavy atom. The first-order valence-electron chi connectivity index (χ1n) is 17.3. The molecule has 3 heterocycles. The molecule has 0 aliphatic rings. The van der Waals surface area contributed by atoms with Gasteiger partial charge in [-0.1, -0.05) is 121 Å². The van der Waals surface area contributed by atoms with E-state index in [4.69, 9.17) is 19.4 Å². The third kappa shape index (κ3) is 4.57. The third-order valence-corrected chi connectivity index (χ3v) is 11.3. The molecule has 11 aromatic rings. The maximum Gasteiger partial charge on any atom is 0.164 e. The Bertz CT molecular complexity index is 3200. The van der Waals surface area contributed by atoms with Crippen LogP contribution in [0.5, 0.6) is 0 Å². The SMILES string of the molecule is c1ccc(-c2cccc3oc4c5ccccc5c(-c5nc(-c6ccc7ccccc7c6)nc(-c6ccc7sc8ccccc8c7c6)n5)cc4c23)cc1. The smallest absolute Gasteiger partial charge is 0.164 e. The first kappa shape index (κ1) is 29.1. The highest BCUT2D eigenvalue weighted by molar-refractivity contribution is 7.25. The molecule has 3 aromatic heterocycles. The van der Waals surface area contributed by atoms with Gasteiger partial charge in [0.05, 0.1) is 0 Å². The second kappa shape index (κ2) is 11.4. The van der Waals surface area contributed by atoms with E-state index in [-0.39, 0.29) is 0 Å². The van der Waals surface area contributed by atoms with Crippen molar-refractivity contribution in [3.8, 4) is 45.3 Å². The zero-order valence-electron chi connectivity index (χ0n) is 27.7. The molecule has 0 saturated heterocycles. The molecular formula is C47H27N3OS. The van der Waals surface area contributed by atoms with E-state index >= 15 is 0 Å². The first-order valence-corrected chi connectivity index (χ1v) is 18.2. The summed E-state index contributed by atoms with van der Waals surface area (Å²) in [7, 11) is 0. The number of thiophene rings is 1. The largest absolute Gasteiger partial charge is 0.455 e. The molecule has 242 valence electrons. The Labute approximate surface area is 302 Å². The third-order valence-electron chi connectivity index (χ3n) is 10.1. The zero-order valence-corrected chi connectivity index (χ0v) is 28.6. The summed E-state index contributed by atoms with van der Waals surface area (Å²) in [6, 6.07) is 57.4. The standard InChI is InChI=1S/C47H27N3OS/c1-2-12-29(13-3-1)33-18-10-19-40-43(33)39-27-38(34-15-6-7-17-36(34)44(39)51-40)47-49-45(31-22-21-28-11-4-5-14-30(28)25-31)48-46(50-47)32-23-24-42-37(26-32)35-16-8-9-20-41(35)52-42/h1-27H. The predicted molar refractivity (Wildman–Crippen MR) is 217 cm³/mol. The van der Waals surface area contributed by atoms with Crippen LogP contribution in [0.3, 0.4) is 0 Å². The van der Waals surface area contributed by atoms with Gasteiger partial charge in [-0.15, -0.1) is 11.3 Å². The van der Waals surface area contributed by atoms with Crippen LogP contribution in [0.2, 0.25) is 0 Å². The Balaban J connectivity index is 1.21. The van der Waals surface area contributed by atoms with Gasteiger partial charge in [0.15, 0.2) is 17.5 Å². The van der Waals surface area contributed by atoms with Gasteiger partial charge in [-0.05, 0) is 69.8 Å². The van der Waals surface area contributed by atoms with Crippen LogP contribution in [0, 0.1) is 0 Å². The second-order valence-electron chi connectivity index (χ2n) is 13.2. The molecule has 5 heteroatoms. The number of hydrogen-bond acceptors (Lipinski definition) is 5. The van der Waals surface area contributed by atoms with Gasteiger partial charge >= 0.3 is 0 Å². The maximum atomic E-state index is 6.66. The van der Waals surface area contributed by atoms with Crippen LogP contribution >= 0.6 is 11.3 Å². The average Bonchev–Trinajstić information content (AvgIpc) is 3.79. The number of benzene rings is 8. The van der Waals surface area contributed by atoms with Gasteiger partial charge in [0.2, 0.25) is 0 Å². The van der Waals surface area contributed by atoms with Crippen LogP contribution in [-0.2, 0) is 0 Å². The van der Waals surface area contributed by atoms with Crippen LogP contribution in [0.15, 0.2) is 168 Å². The van der Waals surface area contributed by atoms with E-state index in [0.717, 1.165) is 65.9 Å². The number of rotatable bonds is 4. The van der Waals surface area contributed by atoms with E-state index in [1.807, 2.05) is 17.4 Å². The predicted octanol–water partition coefficient (Wildman–Crippen LogP) is 13.1. The molecule has 8 aromatic carbocycles. The molecule has 0 N–H and O–H groups in total. The van der Waals surface area contributed by atoms with E-state index in [1.54, 1.807) is 0 Å². The van der Waals surface area contributed by atoms with Gasteiger partial charge in [-0.2, -0.15) is 0 Å². The minimum Gasteiger partial charge on any atom is -0.455 e. The highest BCUT2D eigenvalue weighted by atomic mass is 32.1. The fourth-order valence-electron chi connectivity index (χ4n) is 7.64. The first-order chi connectivity index (χ1) is 25.7. The van der Waals surface area contributed by atoms with Gasteiger partial charge < -0.3 is 4.42 Å². The second-order valence-corrected chi connectivity index (χ2v) is 14.3. The zero-order chi connectivity index (χ0) is 34.2. The summed E-state index contributed by atoms with van der Waals surface area (Å²) >= 11 is 1.81. The molecule has 0 saturated carbocycles. The highest BCUT2D eigenvalue weighted by Gasteiger charge is 2.21. The van der Waals surface area contributed by atoms with Crippen LogP contribution in [-0.4, -0.2) is 15.0 Å². The summed E-state index contributed by atoms with van der Waals surface area (Å²) < 4.78 is 9.17. The van der Waals surface area contributed by atoms with Crippen LogP contribution < -0.4 is 0 Å². The highest BCUT2D eigenvalue weighted by Crippen LogP contribution is 2.43. The van der Waals surface area contributed by atoms with Gasteiger partial charge in [0, 0.05) is 53.0 Å². The van der Waals surface area contributed by atoms with Crippen molar-refractivity contribution in [2.75, 3.05) is 0 Å². The number of nitrogens with zero attached hydrogens (tertiary/aromatic N) is 3. The molecular weight excluding hydrogens is 655 g/mol. The van der Waals surface area contributed by atoms with E-state index in [9.17, 15) is 0 Å². The summed E-state index contributed by atoms with van der Waals surface area (Å²) in [6.45, 7) is 0. The molecule has 11 rings (SSSR count). The lowest BCUT2D eigenvalue weighted by Gasteiger charge is -2.12. The van der Waals surface area contributed by atoms with Crippen LogP contribution in [0.25, 0.3) is 109 Å². The lowest BCUT2D eigenvalue weighted by Crippen LogP contribution is -2.00. The molecule has 0 aliphatic carbocycles. The molecule has 0 amide bonds. The number of hydrogen-bond donors (Lipinski definition) is 0. The topological polar surface area (TPSA) is 51.8 Å². The minimum absolute atomic E-state index is 0.619.